The van der Waals surface area contributed by atoms with Gasteiger partial charge in [-0.15, -0.1) is 0 Å². The van der Waals surface area contributed by atoms with Gasteiger partial charge in [-0.05, 0) is 54.6 Å². The number of para-hydroxylation sites is 1. The zero-order valence-electron chi connectivity index (χ0n) is 16.1. The van der Waals surface area contributed by atoms with Crippen LogP contribution in [0.15, 0.2) is 78.9 Å². The lowest BCUT2D eigenvalue weighted by Crippen LogP contribution is -2.21. The van der Waals surface area contributed by atoms with E-state index in [-0.39, 0.29) is 5.75 Å². The third-order valence-electron chi connectivity index (χ3n) is 3.99. The van der Waals surface area contributed by atoms with Crippen molar-refractivity contribution in [2.45, 2.75) is 6.18 Å². The number of benzene rings is 3. The molecule has 31 heavy (non-hydrogen) atoms. The quantitative estimate of drug-likeness (QED) is 0.493. The Morgan fingerprint density at radius 1 is 0.742 bits per heavy atom. The maximum Gasteiger partial charge on any atom is 0.416 e. The summed E-state index contributed by atoms with van der Waals surface area (Å²) < 4.78 is 42.9. The molecule has 9 heteroatoms. The number of nitrogens with one attached hydrogen (secondary N) is 3. The zero-order valence-corrected chi connectivity index (χ0v) is 16.1. The van der Waals surface area contributed by atoms with E-state index in [1.54, 1.807) is 48.5 Å². The molecule has 0 saturated carbocycles. The van der Waals surface area contributed by atoms with Crippen LogP contribution in [-0.2, 0) is 11.0 Å². The Bertz CT molecular complexity index is 1040. The lowest BCUT2D eigenvalue weighted by Gasteiger charge is -2.11. The summed E-state index contributed by atoms with van der Waals surface area (Å²) in [6.07, 6.45) is -4.44. The molecule has 0 aromatic heterocycles. The number of hydrogen-bond donors (Lipinski definition) is 3. The molecule has 6 nitrogen and oxygen atoms in total. The first-order valence-corrected chi connectivity index (χ1v) is 9.12. The molecule has 0 aliphatic rings. The molecule has 0 heterocycles. The van der Waals surface area contributed by atoms with Crippen molar-refractivity contribution in [3.63, 3.8) is 0 Å². The van der Waals surface area contributed by atoms with Crippen LogP contribution in [0.2, 0.25) is 0 Å². The van der Waals surface area contributed by atoms with Crippen molar-refractivity contribution < 1.29 is 27.5 Å². The highest BCUT2D eigenvalue weighted by Gasteiger charge is 2.30. The lowest BCUT2D eigenvalue weighted by atomic mass is 10.2. The van der Waals surface area contributed by atoms with Crippen LogP contribution in [0, 0.1) is 0 Å². The zero-order chi connectivity index (χ0) is 22.3. The standard InChI is InChI=1S/C22H18F3N3O3/c23-22(24,25)15-9-11-19(12-10-15)31-14-20(29)26-17-7-4-8-18(13-17)28-21(30)27-16-5-2-1-3-6-16/h1-13H,14H2,(H,26,29)(H2,27,28,30). The summed E-state index contributed by atoms with van der Waals surface area (Å²) in [7, 11) is 0. The van der Waals surface area contributed by atoms with Gasteiger partial charge in [0.05, 0.1) is 5.56 Å². The normalized spacial score (nSPS) is 10.8. The number of urea groups is 1. The molecule has 0 radical (unpaired) electrons. The first kappa shape index (κ1) is 21.7. The molecule has 3 aromatic rings. The van der Waals surface area contributed by atoms with Crippen LogP contribution in [0.3, 0.4) is 0 Å². The SMILES string of the molecule is O=C(COc1ccc(C(F)(F)F)cc1)Nc1cccc(NC(=O)Nc2ccccc2)c1. The van der Waals surface area contributed by atoms with Crippen molar-refractivity contribution in [2.75, 3.05) is 22.6 Å². The Hall–Kier alpha value is -4.01. The van der Waals surface area contributed by atoms with Crippen LogP contribution in [-0.4, -0.2) is 18.5 Å². The second-order valence-electron chi connectivity index (χ2n) is 6.38. The van der Waals surface area contributed by atoms with Gasteiger partial charge in [-0.2, -0.15) is 13.2 Å². The molecule has 160 valence electrons. The molecule has 0 fully saturated rings. The van der Waals surface area contributed by atoms with Crippen molar-refractivity contribution in [1.29, 1.82) is 0 Å². The van der Waals surface area contributed by atoms with E-state index in [4.69, 9.17) is 4.74 Å². The Morgan fingerprint density at radius 2 is 1.32 bits per heavy atom. The summed E-state index contributed by atoms with van der Waals surface area (Å²) in [6, 6.07) is 19.0. The average Bonchev–Trinajstić information content (AvgIpc) is 2.73. The molecule has 0 atom stereocenters. The van der Waals surface area contributed by atoms with E-state index in [0.29, 0.717) is 17.1 Å². The Kier molecular flexibility index (Phi) is 6.76. The summed E-state index contributed by atoms with van der Waals surface area (Å²) in [4.78, 5) is 24.1. The van der Waals surface area contributed by atoms with Crippen molar-refractivity contribution in [3.05, 3.63) is 84.4 Å². The molecular weight excluding hydrogens is 411 g/mol. The lowest BCUT2D eigenvalue weighted by molar-refractivity contribution is -0.137. The van der Waals surface area contributed by atoms with Crippen molar-refractivity contribution in [2.24, 2.45) is 0 Å². The fourth-order valence-electron chi connectivity index (χ4n) is 2.58. The summed E-state index contributed by atoms with van der Waals surface area (Å²) in [5, 5.41) is 7.92. The van der Waals surface area contributed by atoms with Gasteiger partial charge in [0.25, 0.3) is 5.91 Å². The molecule has 0 spiro atoms. The molecule has 0 bridgehead atoms. The molecular formula is C22H18F3N3O3. The smallest absolute Gasteiger partial charge is 0.416 e. The number of halogens is 3. The van der Waals surface area contributed by atoms with Gasteiger partial charge in [0.1, 0.15) is 5.75 Å². The fraction of sp³-hybridized carbons (Fsp3) is 0.0909. The number of alkyl halides is 3. The van der Waals surface area contributed by atoms with E-state index in [0.717, 1.165) is 24.3 Å². The van der Waals surface area contributed by atoms with E-state index in [1.165, 1.54) is 0 Å². The number of hydrogen-bond acceptors (Lipinski definition) is 3. The molecule has 3 rings (SSSR count). The van der Waals surface area contributed by atoms with E-state index in [1.807, 2.05) is 6.07 Å². The average molecular weight is 429 g/mol. The number of amides is 3. The number of carbonyl (C=O) groups is 2. The Labute approximate surface area is 176 Å². The van der Waals surface area contributed by atoms with Crippen molar-refractivity contribution in [3.8, 4) is 5.75 Å². The minimum Gasteiger partial charge on any atom is -0.484 e. The van der Waals surface area contributed by atoms with Gasteiger partial charge in [-0.3, -0.25) is 4.79 Å². The van der Waals surface area contributed by atoms with Gasteiger partial charge in [0, 0.05) is 17.1 Å². The van der Waals surface area contributed by atoms with E-state index >= 15 is 0 Å². The predicted molar refractivity (Wildman–Crippen MR) is 111 cm³/mol. The second kappa shape index (κ2) is 9.66. The van der Waals surface area contributed by atoms with E-state index in [9.17, 15) is 22.8 Å². The second-order valence-corrected chi connectivity index (χ2v) is 6.38. The maximum absolute atomic E-state index is 12.6. The number of ether oxygens (including phenoxy) is 1. The highest BCUT2D eigenvalue weighted by atomic mass is 19.4. The summed E-state index contributed by atoms with van der Waals surface area (Å²) in [5.74, 6) is -0.373. The third-order valence-corrected chi connectivity index (χ3v) is 3.99. The topological polar surface area (TPSA) is 79.5 Å². The number of carbonyl (C=O) groups excluding carboxylic acids is 2. The minimum atomic E-state index is -4.44. The number of anilines is 3. The first-order valence-electron chi connectivity index (χ1n) is 9.12. The number of rotatable bonds is 6. The Balaban J connectivity index is 1.50. The molecule has 3 amide bonds. The van der Waals surface area contributed by atoms with Crippen LogP contribution < -0.4 is 20.7 Å². The van der Waals surface area contributed by atoms with Crippen LogP contribution in [0.1, 0.15) is 5.56 Å². The molecule has 3 aromatic carbocycles. The maximum atomic E-state index is 12.6. The van der Waals surface area contributed by atoms with Crippen molar-refractivity contribution >= 4 is 29.0 Å². The van der Waals surface area contributed by atoms with Gasteiger partial charge in [-0.1, -0.05) is 24.3 Å². The van der Waals surface area contributed by atoms with Gasteiger partial charge < -0.3 is 20.7 Å². The molecule has 0 unspecified atom stereocenters. The van der Waals surface area contributed by atoms with Gasteiger partial charge >= 0.3 is 12.2 Å². The third kappa shape index (κ3) is 6.77. The van der Waals surface area contributed by atoms with E-state index < -0.39 is 30.3 Å². The summed E-state index contributed by atoms with van der Waals surface area (Å²) >= 11 is 0. The predicted octanol–water partition coefficient (Wildman–Crippen LogP) is 5.37. The van der Waals surface area contributed by atoms with Gasteiger partial charge in [0.15, 0.2) is 6.61 Å². The molecule has 0 saturated heterocycles. The summed E-state index contributed by atoms with van der Waals surface area (Å²) in [6.45, 7) is -0.391. The van der Waals surface area contributed by atoms with Crippen LogP contribution in [0.4, 0.5) is 35.0 Å². The monoisotopic (exact) mass is 429 g/mol. The fourth-order valence-corrected chi connectivity index (χ4v) is 2.58. The summed E-state index contributed by atoms with van der Waals surface area (Å²) in [5.41, 5.74) is 0.697. The largest absolute Gasteiger partial charge is 0.484 e. The molecule has 0 aliphatic carbocycles. The first-order chi connectivity index (χ1) is 14.8. The van der Waals surface area contributed by atoms with Crippen LogP contribution >= 0.6 is 0 Å². The Morgan fingerprint density at radius 3 is 1.97 bits per heavy atom. The molecule has 0 aliphatic heterocycles. The van der Waals surface area contributed by atoms with E-state index in [2.05, 4.69) is 16.0 Å². The highest BCUT2D eigenvalue weighted by molar-refractivity contribution is 6.00. The highest BCUT2D eigenvalue weighted by Crippen LogP contribution is 2.30. The van der Waals surface area contributed by atoms with Gasteiger partial charge in [0.2, 0.25) is 0 Å². The molecule has 3 N–H and O–H groups in total. The van der Waals surface area contributed by atoms with Crippen LogP contribution in [0.5, 0.6) is 5.75 Å². The van der Waals surface area contributed by atoms with Gasteiger partial charge in [-0.25, -0.2) is 4.79 Å². The van der Waals surface area contributed by atoms with Crippen LogP contribution in [0.25, 0.3) is 0 Å². The minimum absolute atomic E-state index is 0.135. The van der Waals surface area contributed by atoms with Crippen molar-refractivity contribution in [1.82, 2.24) is 0 Å².